The van der Waals surface area contributed by atoms with E-state index in [0.29, 0.717) is 12.5 Å². The molecule has 4 heteroatoms. The fourth-order valence-corrected chi connectivity index (χ4v) is 5.42. The fourth-order valence-electron chi connectivity index (χ4n) is 5.42. The third-order valence-electron chi connectivity index (χ3n) is 7.45. The summed E-state index contributed by atoms with van der Waals surface area (Å²) in [5, 5.41) is 1.29. The van der Waals surface area contributed by atoms with E-state index in [1.54, 1.807) is 0 Å². The van der Waals surface area contributed by atoms with Crippen LogP contribution in [0.2, 0.25) is 0 Å². The zero-order valence-electron chi connectivity index (χ0n) is 23.8. The third kappa shape index (κ3) is 5.58. The summed E-state index contributed by atoms with van der Waals surface area (Å²) < 4.78 is 20.6. The molecule has 1 fully saturated rings. The quantitative estimate of drug-likeness (QED) is 0.180. The summed E-state index contributed by atoms with van der Waals surface area (Å²) in [6, 6.07) is 31.3. The second-order valence-corrected chi connectivity index (χ2v) is 11.0. The van der Waals surface area contributed by atoms with Crippen molar-refractivity contribution in [2.45, 2.75) is 65.6 Å². The second-order valence-electron chi connectivity index (χ2n) is 11.0. The maximum Gasteiger partial charge on any atom is 0.128 e. The van der Waals surface area contributed by atoms with E-state index in [4.69, 9.17) is 14.2 Å². The Labute approximate surface area is 237 Å². The Morgan fingerprint density at radius 2 is 1.43 bits per heavy atom. The van der Waals surface area contributed by atoms with Gasteiger partial charge in [0, 0.05) is 16.8 Å². The predicted octanol–water partition coefficient (Wildman–Crippen LogP) is 9.54. The normalized spacial score (nSPS) is 13.1. The Kier molecular flexibility index (Phi) is 7.25. The van der Waals surface area contributed by atoms with Crippen LogP contribution in [0.3, 0.4) is 0 Å². The summed E-state index contributed by atoms with van der Waals surface area (Å²) in [7, 11) is 0. The molecule has 40 heavy (non-hydrogen) atoms. The molecule has 0 amide bonds. The molecule has 1 aliphatic rings. The van der Waals surface area contributed by atoms with E-state index in [1.807, 2.05) is 38.1 Å². The first-order valence-electron chi connectivity index (χ1n) is 14.4. The lowest BCUT2D eigenvalue weighted by atomic mass is 10.0. The number of aryl methyl sites for hydroxylation is 1. The Balaban J connectivity index is 1.28. The van der Waals surface area contributed by atoms with Gasteiger partial charge in [0.1, 0.15) is 29.6 Å². The molecule has 4 nitrogen and oxygen atoms in total. The van der Waals surface area contributed by atoms with Crippen LogP contribution in [0.5, 0.6) is 23.0 Å². The number of fused-ring (bicyclic) bond motifs is 1. The molecule has 1 saturated carbocycles. The molecule has 1 aliphatic carbocycles. The van der Waals surface area contributed by atoms with Crippen LogP contribution in [0, 0.1) is 6.92 Å². The minimum atomic E-state index is 0.147. The Morgan fingerprint density at radius 3 is 2.08 bits per heavy atom. The van der Waals surface area contributed by atoms with Crippen LogP contribution in [0.25, 0.3) is 16.6 Å². The van der Waals surface area contributed by atoms with Gasteiger partial charge in [-0.2, -0.15) is 0 Å². The van der Waals surface area contributed by atoms with Gasteiger partial charge in [0.05, 0.1) is 11.6 Å². The van der Waals surface area contributed by atoms with Gasteiger partial charge in [0.2, 0.25) is 0 Å². The summed E-state index contributed by atoms with van der Waals surface area (Å²) in [6.45, 7) is 8.98. The van der Waals surface area contributed by atoms with Gasteiger partial charge in [0.25, 0.3) is 0 Å². The largest absolute Gasteiger partial charge is 0.491 e. The van der Waals surface area contributed by atoms with Gasteiger partial charge in [-0.15, -0.1) is 0 Å². The number of ether oxygens (including phenoxy) is 3. The number of nitrogens with zero attached hydrogens (tertiary/aromatic N) is 1. The second kappa shape index (κ2) is 11.1. The third-order valence-corrected chi connectivity index (χ3v) is 7.45. The standard InChI is InChI=1S/C36H37NO3/c1-5-34-36(27-10-11-27)33-22-32(40-31-18-16-30(17-19-31)39-24(2)3)20-21-35(33)37(34)28-12-14-29(15-13-28)38-23-26-8-6-25(4)7-9-26/h6-9,12-22,24,27H,5,10-11,23H2,1-4H3. The van der Waals surface area contributed by atoms with Gasteiger partial charge in [-0.1, -0.05) is 36.8 Å². The van der Waals surface area contributed by atoms with Crippen molar-refractivity contribution in [1.82, 2.24) is 4.57 Å². The lowest BCUT2D eigenvalue weighted by Crippen LogP contribution is -2.05. The smallest absolute Gasteiger partial charge is 0.128 e. The Bertz CT molecular complexity index is 1590. The maximum atomic E-state index is 6.29. The molecule has 0 aliphatic heterocycles. The van der Waals surface area contributed by atoms with Crippen molar-refractivity contribution in [2.24, 2.45) is 0 Å². The van der Waals surface area contributed by atoms with Gasteiger partial charge in [-0.05, 0) is 124 Å². The van der Waals surface area contributed by atoms with Gasteiger partial charge < -0.3 is 18.8 Å². The molecule has 0 N–H and O–H groups in total. The zero-order chi connectivity index (χ0) is 27.6. The molecule has 1 aromatic heterocycles. The van der Waals surface area contributed by atoms with E-state index < -0.39 is 0 Å². The minimum Gasteiger partial charge on any atom is -0.491 e. The van der Waals surface area contributed by atoms with Crippen molar-refractivity contribution in [1.29, 1.82) is 0 Å². The first-order chi connectivity index (χ1) is 19.5. The minimum absolute atomic E-state index is 0.147. The van der Waals surface area contributed by atoms with Crippen LogP contribution < -0.4 is 14.2 Å². The SMILES string of the molecule is CCc1c(C2CC2)c2cc(Oc3ccc(OC(C)C)cc3)ccc2n1-c1ccc(OCc2ccc(C)cc2)cc1. The van der Waals surface area contributed by atoms with Crippen molar-refractivity contribution in [3.05, 3.63) is 113 Å². The van der Waals surface area contributed by atoms with Crippen LogP contribution in [-0.4, -0.2) is 10.7 Å². The van der Waals surface area contributed by atoms with E-state index in [1.165, 1.54) is 46.1 Å². The number of aromatic nitrogens is 1. The highest BCUT2D eigenvalue weighted by Crippen LogP contribution is 2.48. The van der Waals surface area contributed by atoms with Gasteiger partial charge in [0.15, 0.2) is 0 Å². The molecule has 0 bridgehead atoms. The topological polar surface area (TPSA) is 32.6 Å². The van der Waals surface area contributed by atoms with Crippen molar-refractivity contribution in [3.63, 3.8) is 0 Å². The summed E-state index contributed by atoms with van der Waals surface area (Å²) in [5.74, 6) is 4.01. The highest BCUT2D eigenvalue weighted by atomic mass is 16.5. The lowest BCUT2D eigenvalue weighted by Gasteiger charge is -2.13. The van der Waals surface area contributed by atoms with Crippen molar-refractivity contribution >= 4 is 10.9 Å². The molecule has 0 saturated heterocycles. The maximum absolute atomic E-state index is 6.29. The zero-order valence-corrected chi connectivity index (χ0v) is 23.8. The first-order valence-corrected chi connectivity index (χ1v) is 14.4. The average Bonchev–Trinajstić information content (AvgIpc) is 3.75. The average molecular weight is 532 g/mol. The molecule has 4 aromatic carbocycles. The molecule has 204 valence electrons. The molecule has 0 spiro atoms. The Morgan fingerprint density at radius 1 is 0.775 bits per heavy atom. The summed E-state index contributed by atoms with van der Waals surface area (Å²) in [5.41, 5.74) is 7.67. The lowest BCUT2D eigenvalue weighted by molar-refractivity contribution is 0.242. The highest BCUT2D eigenvalue weighted by Gasteiger charge is 2.31. The fraction of sp³-hybridized carbons (Fsp3) is 0.278. The monoisotopic (exact) mass is 531 g/mol. The van der Waals surface area contributed by atoms with Crippen LogP contribution in [0.1, 0.15) is 61.9 Å². The van der Waals surface area contributed by atoms with Crippen LogP contribution in [0.15, 0.2) is 91.0 Å². The Hall–Kier alpha value is -4.18. The molecule has 0 radical (unpaired) electrons. The van der Waals surface area contributed by atoms with Crippen molar-refractivity contribution in [2.75, 3.05) is 0 Å². The van der Waals surface area contributed by atoms with Gasteiger partial charge >= 0.3 is 0 Å². The number of benzene rings is 4. The molecule has 0 unspecified atom stereocenters. The van der Waals surface area contributed by atoms with Gasteiger partial charge in [-0.25, -0.2) is 0 Å². The molecule has 1 heterocycles. The molecule has 6 rings (SSSR count). The van der Waals surface area contributed by atoms with Gasteiger partial charge in [-0.3, -0.25) is 0 Å². The van der Waals surface area contributed by atoms with E-state index in [-0.39, 0.29) is 6.10 Å². The highest BCUT2D eigenvalue weighted by molar-refractivity contribution is 5.89. The summed E-state index contributed by atoms with van der Waals surface area (Å²) in [4.78, 5) is 0. The number of hydrogen-bond donors (Lipinski definition) is 0. The summed E-state index contributed by atoms with van der Waals surface area (Å²) in [6.07, 6.45) is 3.62. The molecular weight excluding hydrogens is 494 g/mol. The predicted molar refractivity (Wildman–Crippen MR) is 162 cm³/mol. The van der Waals surface area contributed by atoms with E-state index in [0.717, 1.165) is 35.1 Å². The van der Waals surface area contributed by atoms with Crippen LogP contribution >= 0.6 is 0 Å². The van der Waals surface area contributed by atoms with Crippen LogP contribution in [-0.2, 0) is 13.0 Å². The number of rotatable bonds is 10. The van der Waals surface area contributed by atoms with E-state index in [9.17, 15) is 0 Å². The molecule has 0 atom stereocenters. The number of hydrogen-bond acceptors (Lipinski definition) is 3. The molecule has 5 aromatic rings. The van der Waals surface area contributed by atoms with Crippen molar-refractivity contribution in [3.8, 4) is 28.7 Å². The van der Waals surface area contributed by atoms with E-state index >= 15 is 0 Å². The van der Waals surface area contributed by atoms with Crippen molar-refractivity contribution < 1.29 is 14.2 Å². The molecular formula is C36H37NO3. The van der Waals surface area contributed by atoms with Crippen LogP contribution in [0.4, 0.5) is 0 Å². The first kappa shape index (κ1) is 26.1. The summed E-state index contributed by atoms with van der Waals surface area (Å²) >= 11 is 0. The van der Waals surface area contributed by atoms with E-state index in [2.05, 4.69) is 85.1 Å².